The van der Waals surface area contributed by atoms with E-state index in [0.29, 0.717) is 16.7 Å². The van der Waals surface area contributed by atoms with Crippen LogP contribution >= 0.6 is 11.6 Å². The zero-order chi connectivity index (χ0) is 13.1. The summed E-state index contributed by atoms with van der Waals surface area (Å²) in [4.78, 5) is 0. The lowest BCUT2D eigenvalue weighted by Gasteiger charge is -2.12. The molecule has 0 radical (unpaired) electrons. The van der Waals surface area contributed by atoms with Crippen LogP contribution in [0.15, 0.2) is 42.5 Å². The molecule has 0 amide bonds. The minimum atomic E-state index is -0.568. The summed E-state index contributed by atoms with van der Waals surface area (Å²) >= 11 is 6.18. The lowest BCUT2D eigenvalue weighted by atomic mass is 10.0. The van der Waals surface area contributed by atoms with Crippen LogP contribution in [0.4, 0.5) is 8.78 Å². The van der Waals surface area contributed by atoms with Crippen LogP contribution in [-0.4, -0.2) is 0 Å². The standard InChI is InChI=1S/C15H13ClF2/c1-10-5-4-7-12(15(10)18)13(16)9-11-6-2-3-8-14(11)17/h2-8,13H,9H2,1H3. The van der Waals surface area contributed by atoms with Gasteiger partial charge >= 0.3 is 0 Å². The van der Waals surface area contributed by atoms with Gasteiger partial charge < -0.3 is 0 Å². The topological polar surface area (TPSA) is 0 Å². The minimum Gasteiger partial charge on any atom is -0.207 e. The van der Waals surface area contributed by atoms with Crippen LogP contribution in [0.5, 0.6) is 0 Å². The van der Waals surface area contributed by atoms with Crippen molar-refractivity contribution in [3.05, 3.63) is 70.8 Å². The fourth-order valence-electron chi connectivity index (χ4n) is 1.88. The van der Waals surface area contributed by atoms with Crippen molar-refractivity contribution >= 4 is 11.6 Å². The molecule has 94 valence electrons. The van der Waals surface area contributed by atoms with Crippen molar-refractivity contribution in [1.29, 1.82) is 0 Å². The zero-order valence-corrected chi connectivity index (χ0v) is 10.7. The number of benzene rings is 2. The first-order chi connectivity index (χ1) is 8.59. The predicted octanol–water partition coefficient (Wildman–Crippen LogP) is 4.80. The van der Waals surface area contributed by atoms with E-state index >= 15 is 0 Å². The third kappa shape index (κ3) is 2.70. The van der Waals surface area contributed by atoms with Crippen LogP contribution in [0.1, 0.15) is 22.1 Å². The van der Waals surface area contributed by atoms with E-state index in [1.165, 1.54) is 6.07 Å². The van der Waals surface area contributed by atoms with E-state index in [-0.39, 0.29) is 18.1 Å². The number of rotatable bonds is 3. The molecule has 1 unspecified atom stereocenters. The lowest BCUT2D eigenvalue weighted by molar-refractivity contribution is 0.586. The first-order valence-electron chi connectivity index (χ1n) is 5.72. The molecule has 0 N–H and O–H groups in total. The molecule has 0 nitrogen and oxygen atoms in total. The van der Waals surface area contributed by atoms with E-state index in [1.807, 2.05) is 0 Å². The number of alkyl halides is 1. The SMILES string of the molecule is Cc1cccc(C(Cl)Cc2ccccc2F)c1F. The Labute approximate surface area is 110 Å². The third-order valence-electron chi connectivity index (χ3n) is 2.92. The summed E-state index contributed by atoms with van der Waals surface area (Å²) in [6.07, 6.45) is 0.272. The van der Waals surface area contributed by atoms with Gasteiger partial charge in [0, 0.05) is 5.56 Å². The quantitative estimate of drug-likeness (QED) is 0.701. The van der Waals surface area contributed by atoms with Gasteiger partial charge in [-0.05, 0) is 30.5 Å². The maximum atomic E-state index is 13.9. The maximum absolute atomic E-state index is 13.9. The second kappa shape index (κ2) is 5.49. The van der Waals surface area contributed by atoms with Gasteiger partial charge in [0.25, 0.3) is 0 Å². The molecular weight excluding hydrogens is 254 g/mol. The molecule has 0 saturated heterocycles. The largest absolute Gasteiger partial charge is 0.207 e. The van der Waals surface area contributed by atoms with Crippen molar-refractivity contribution in [3.8, 4) is 0 Å². The molecule has 0 aliphatic rings. The van der Waals surface area contributed by atoms with E-state index in [4.69, 9.17) is 11.6 Å². The second-order valence-electron chi connectivity index (χ2n) is 4.24. The fraction of sp³-hybridized carbons (Fsp3) is 0.200. The average molecular weight is 267 g/mol. The molecule has 0 saturated carbocycles. The molecule has 0 aromatic heterocycles. The normalized spacial score (nSPS) is 12.4. The fourth-order valence-corrected chi connectivity index (χ4v) is 2.21. The van der Waals surface area contributed by atoms with Crippen LogP contribution in [0.2, 0.25) is 0 Å². The van der Waals surface area contributed by atoms with E-state index in [2.05, 4.69) is 0 Å². The molecule has 2 aromatic carbocycles. The van der Waals surface area contributed by atoms with Crippen LogP contribution in [0, 0.1) is 18.6 Å². The van der Waals surface area contributed by atoms with Crippen LogP contribution in [-0.2, 0) is 6.42 Å². The Kier molecular flexibility index (Phi) is 3.97. The van der Waals surface area contributed by atoms with Crippen molar-refractivity contribution < 1.29 is 8.78 Å². The van der Waals surface area contributed by atoms with Crippen molar-refractivity contribution in [2.24, 2.45) is 0 Å². The van der Waals surface area contributed by atoms with Gasteiger partial charge in [0.1, 0.15) is 11.6 Å². The highest BCUT2D eigenvalue weighted by Crippen LogP contribution is 2.29. The van der Waals surface area contributed by atoms with Gasteiger partial charge in [-0.25, -0.2) is 8.78 Å². The highest BCUT2D eigenvalue weighted by molar-refractivity contribution is 6.21. The molecule has 0 bridgehead atoms. The van der Waals surface area contributed by atoms with Gasteiger partial charge in [0.15, 0.2) is 0 Å². The van der Waals surface area contributed by atoms with Gasteiger partial charge in [0.05, 0.1) is 5.38 Å². The molecular formula is C15H13ClF2. The van der Waals surface area contributed by atoms with Crippen molar-refractivity contribution in [1.82, 2.24) is 0 Å². The molecule has 0 heterocycles. The zero-order valence-electron chi connectivity index (χ0n) is 9.96. The first kappa shape index (κ1) is 13.0. The van der Waals surface area contributed by atoms with Gasteiger partial charge in [-0.1, -0.05) is 36.4 Å². The van der Waals surface area contributed by atoms with Crippen molar-refractivity contribution in [3.63, 3.8) is 0 Å². The Morgan fingerprint density at radius 3 is 2.50 bits per heavy atom. The molecule has 2 aromatic rings. The summed E-state index contributed by atoms with van der Waals surface area (Å²) in [5.74, 6) is -0.620. The van der Waals surface area contributed by atoms with Gasteiger partial charge in [-0.2, -0.15) is 0 Å². The molecule has 0 aliphatic heterocycles. The van der Waals surface area contributed by atoms with E-state index in [9.17, 15) is 8.78 Å². The molecule has 18 heavy (non-hydrogen) atoms. The lowest BCUT2D eigenvalue weighted by Crippen LogP contribution is -2.02. The smallest absolute Gasteiger partial charge is 0.130 e. The molecule has 0 spiro atoms. The Balaban J connectivity index is 2.25. The molecule has 0 aliphatic carbocycles. The maximum Gasteiger partial charge on any atom is 0.130 e. The predicted molar refractivity (Wildman–Crippen MR) is 69.8 cm³/mol. The van der Waals surface area contributed by atoms with E-state index in [0.717, 1.165) is 0 Å². The van der Waals surface area contributed by atoms with Gasteiger partial charge in [-0.3, -0.25) is 0 Å². The van der Waals surface area contributed by atoms with Crippen LogP contribution in [0.25, 0.3) is 0 Å². The summed E-state index contributed by atoms with van der Waals surface area (Å²) < 4.78 is 27.4. The first-order valence-corrected chi connectivity index (χ1v) is 6.15. The Hall–Kier alpha value is -1.41. The minimum absolute atomic E-state index is 0.272. The molecule has 2 rings (SSSR count). The van der Waals surface area contributed by atoms with Crippen LogP contribution in [0.3, 0.4) is 0 Å². The van der Waals surface area contributed by atoms with Crippen molar-refractivity contribution in [2.75, 3.05) is 0 Å². The molecule has 0 fully saturated rings. The second-order valence-corrected chi connectivity index (χ2v) is 4.77. The highest BCUT2D eigenvalue weighted by atomic mass is 35.5. The number of aryl methyl sites for hydroxylation is 1. The monoisotopic (exact) mass is 266 g/mol. The Bertz CT molecular complexity index is 552. The molecule has 1 atom stereocenters. The average Bonchev–Trinajstić information content (AvgIpc) is 2.35. The number of hydrogen-bond donors (Lipinski definition) is 0. The number of hydrogen-bond acceptors (Lipinski definition) is 0. The molecule has 3 heteroatoms. The van der Waals surface area contributed by atoms with Crippen LogP contribution < -0.4 is 0 Å². The Morgan fingerprint density at radius 1 is 1.06 bits per heavy atom. The summed E-state index contributed by atoms with van der Waals surface area (Å²) in [6, 6.07) is 11.5. The van der Waals surface area contributed by atoms with Crippen molar-refractivity contribution in [2.45, 2.75) is 18.7 Å². The van der Waals surface area contributed by atoms with E-state index in [1.54, 1.807) is 43.3 Å². The highest BCUT2D eigenvalue weighted by Gasteiger charge is 2.16. The Morgan fingerprint density at radius 2 is 1.78 bits per heavy atom. The third-order valence-corrected chi connectivity index (χ3v) is 3.31. The number of halogens is 3. The van der Waals surface area contributed by atoms with E-state index < -0.39 is 5.38 Å². The van der Waals surface area contributed by atoms with Gasteiger partial charge in [-0.15, -0.1) is 11.6 Å². The summed E-state index contributed by atoms with van der Waals surface area (Å²) in [7, 11) is 0. The summed E-state index contributed by atoms with van der Waals surface area (Å²) in [5, 5.41) is -0.568. The summed E-state index contributed by atoms with van der Waals surface area (Å²) in [5.41, 5.74) is 1.46. The summed E-state index contributed by atoms with van der Waals surface area (Å²) in [6.45, 7) is 1.69. The van der Waals surface area contributed by atoms with Gasteiger partial charge in [0.2, 0.25) is 0 Å².